The van der Waals surface area contributed by atoms with Gasteiger partial charge in [-0.15, -0.1) is 0 Å². The van der Waals surface area contributed by atoms with Gasteiger partial charge in [-0.1, -0.05) is 48.6 Å². The fourth-order valence-electron chi connectivity index (χ4n) is 0.513. The molecule has 0 atom stereocenters. The monoisotopic (exact) mass is 286 g/mol. The molecule has 0 saturated carbocycles. The molecule has 6 radical (unpaired) electrons. The van der Waals surface area contributed by atoms with E-state index in [1.807, 2.05) is 48.6 Å². The largest absolute Gasteiger partial charge is 0.281 e. The number of rotatable bonds is 0. The second-order valence-electron chi connectivity index (χ2n) is 1.54. The first kappa shape index (κ1) is 23.5. The van der Waals surface area contributed by atoms with E-state index < -0.39 is 0 Å². The summed E-state index contributed by atoms with van der Waals surface area (Å²) in [5, 5.41) is 0. The Hall–Kier alpha value is -1.34. The first-order valence-electron chi connectivity index (χ1n) is 3.28. The fourth-order valence-corrected chi connectivity index (χ4v) is 0.513. The van der Waals surface area contributed by atoms with Crippen molar-refractivity contribution in [2.24, 2.45) is 0 Å². The summed E-state index contributed by atoms with van der Waals surface area (Å²) in [6, 6.07) is 0. The van der Waals surface area contributed by atoms with E-state index in [0.29, 0.717) is 0 Å². The van der Waals surface area contributed by atoms with Gasteiger partial charge in [0.1, 0.15) is 0 Å². The summed E-state index contributed by atoms with van der Waals surface area (Å²) in [6.07, 6.45) is 16.0. The Balaban J connectivity index is -0.0000000755. The third kappa shape index (κ3) is 32.4. The molecule has 0 fully saturated rings. The molecular weight excluding hydrogens is 276 g/mol. The van der Waals surface area contributed by atoms with Crippen LogP contribution in [0, 0.1) is 0 Å². The summed E-state index contributed by atoms with van der Waals surface area (Å²) in [5.41, 5.74) is 0. The smallest absolute Gasteiger partial charge is 0.281 e. The Morgan fingerprint density at radius 2 is 0.467 bits per heavy atom. The first-order valence-corrected chi connectivity index (χ1v) is 3.28. The molecule has 4 heteroatoms. The zero-order valence-electron chi connectivity index (χ0n) is 7.75. The summed E-state index contributed by atoms with van der Waals surface area (Å²) >= 11 is 0. The molecule has 3 nitrogen and oxygen atoms in total. The molecule has 0 N–H and O–H groups in total. The predicted molar refractivity (Wildman–Crippen MR) is 53.6 cm³/mol. The maximum atomic E-state index is 7.50. The van der Waals surface area contributed by atoms with Gasteiger partial charge < -0.3 is 0 Å². The van der Waals surface area contributed by atoms with Gasteiger partial charge in [0.2, 0.25) is 0 Å². The van der Waals surface area contributed by atoms with E-state index >= 15 is 0 Å². The van der Waals surface area contributed by atoms with Crippen molar-refractivity contribution in [3.05, 3.63) is 48.6 Å². The van der Waals surface area contributed by atoms with Crippen molar-refractivity contribution in [3.8, 4) is 0 Å². The summed E-state index contributed by atoms with van der Waals surface area (Å²) in [7, 11) is 0. The van der Waals surface area contributed by atoms with E-state index in [9.17, 15) is 0 Å². The Morgan fingerprint density at radius 3 is 0.533 bits per heavy atom. The van der Waals surface area contributed by atoms with Crippen LogP contribution in [-0.4, -0.2) is 20.4 Å². The molecular formula is C11H8MoO3. The molecule has 15 heavy (non-hydrogen) atoms. The third-order valence-electron chi connectivity index (χ3n) is 0.889. The van der Waals surface area contributed by atoms with E-state index in [4.69, 9.17) is 14.4 Å². The minimum atomic E-state index is 0. The molecule has 1 aliphatic carbocycles. The number of hydrogen-bond donors (Lipinski definition) is 0. The summed E-state index contributed by atoms with van der Waals surface area (Å²) in [4.78, 5) is 22.5. The van der Waals surface area contributed by atoms with E-state index in [1.165, 1.54) is 0 Å². The van der Waals surface area contributed by atoms with Crippen LogP contribution in [0.3, 0.4) is 0 Å². The fraction of sp³-hybridized carbons (Fsp3) is 0. The van der Waals surface area contributed by atoms with E-state index in [0.717, 1.165) is 0 Å². The van der Waals surface area contributed by atoms with Crippen LogP contribution in [-0.2, 0) is 35.4 Å². The minimum absolute atomic E-state index is 0. The van der Waals surface area contributed by atoms with Crippen molar-refractivity contribution in [2.45, 2.75) is 0 Å². The van der Waals surface area contributed by atoms with Crippen molar-refractivity contribution in [1.29, 1.82) is 0 Å². The topological polar surface area (TPSA) is 51.2 Å². The van der Waals surface area contributed by atoms with Crippen molar-refractivity contribution in [2.75, 3.05) is 0 Å². The second-order valence-corrected chi connectivity index (χ2v) is 1.54. The molecule has 0 aromatic rings. The molecule has 0 spiro atoms. The van der Waals surface area contributed by atoms with E-state index in [1.54, 1.807) is 0 Å². The molecule has 0 aromatic carbocycles. The van der Waals surface area contributed by atoms with Gasteiger partial charge in [-0.2, -0.15) is 0 Å². The third-order valence-corrected chi connectivity index (χ3v) is 0.889. The van der Waals surface area contributed by atoms with Gasteiger partial charge in [0.15, 0.2) is 0 Å². The second kappa shape index (κ2) is 38.8. The van der Waals surface area contributed by atoms with Crippen molar-refractivity contribution in [3.63, 3.8) is 0 Å². The molecule has 0 unspecified atom stereocenters. The Bertz CT molecular complexity index is 147. The van der Waals surface area contributed by atoms with Crippen molar-refractivity contribution < 1.29 is 35.4 Å². The van der Waals surface area contributed by atoms with Gasteiger partial charge in [-0.3, -0.25) is 14.4 Å². The van der Waals surface area contributed by atoms with Crippen LogP contribution < -0.4 is 0 Å². The van der Waals surface area contributed by atoms with Gasteiger partial charge in [0.25, 0.3) is 20.4 Å². The van der Waals surface area contributed by atoms with Crippen molar-refractivity contribution >= 4 is 20.4 Å². The average Bonchev–Trinajstić information content (AvgIpc) is 2.26. The van der Waals surface area contributed by atoms with Crippen molar-refractivity contribution in [1.82, 2.24) is 0 Å². The Kier molecular flexibility index (Phi) is 60.7. The van der Waals surface area contributed by atoms with Gasteiger partial charge >= 0.3 is 0 Å². The van der Waals surface area contributed by atoms with E-state index in [2.05, 4.69) is 20.4 Å². The van der Waals surface area contributed by atoms with Gasteiger partial charge in [-0.25, -0.2) is 0 Å². The van der Waals surface area contributed by atoms with Crippen LogP contribution in [0.25, 0.3) is 0 Å². The van der Waals surface area contributed by atoms with E-state index in [-0.39, 0.29) is 21.1 Å². The van der Waals surface area contributed by atoms with Crippen LogP contribution in [0.4, 0.5) is 0 Å². The molecule has 0 heterocycles. The average molecular weight is 284 g/mol. The quantitative estimate of drug-likeness (QED) is 0.624. The van der Waals surface area contributed by atoms with Crippen LogP contribution in [0.1, 0.15) is 0 Å². The Morgan fingerprint density at radius 1 is 0.400 bits per heavy atom. The number of carbonyl (C=O) groups excluding carboxylic acids is 3. The summed E-state index contributed by atoms with van der Waals surface area (Å²) < 4.78 is 0. The zero-order chi connectivity index (χ0) is 11.7. The van der Waals surface area contributed by atoms with Crippen LogP contribution in [0.15, 0.2) is 48.6 Å². The van der Waals surface area contributed by atoms with Gasteiger partial charge in [0.05, 0.1) is 0 Å². The molecule has 1 aliphatic rings. The molecule has 1 rings (SSSR count). The number of allylic oxidation sites excluding steroid dienone is 8. The van der Waals surface area contributed by atoms with Crippen LogP contribution in [0.5, 0.6) is 0 Å². The van der Waals surface area contributed by atoms with Gasteiger partial charge in [0, 0.05) is 21.1 Å². The van der Waals surface area contributed by atoms with Crippen LogP contribution >= 0.6 is 0 Å². The molecule has 0 bridgehead atoms. The molecule has 0 amide bonds. The molecule has 0 saturated heterocycles. The molecule has 0 aromatic heterocycles. The SMILES string of the molecule is C1=C\C=C/C=C\C=C/1.[C]=O.[C]=O.[C]=O.[Mo]. The first-order chi connectivity index (χ1) is 7.00. The standard InChI is InChI=1S/C8H8.3CO.Mo/c1-2-4-6-8-7-5-3-1;3*1-2;/h1-8H;;;;/b2-1-,3-1?,4-2?,5-3-,6-4-,7-5?,8-6?,8-7-;;;;. The predicted octanol–water partition coefficient (Wildman–Crippen LogP) is 1.03. The maximum absolute atomic E-state index is 7.50. The number of hydrogen-bond acceptors (Lipinski definition) is 3. The molecule has 0 aliphatic heterocycles. The molecule has 76 valence electrons. The van der Waals surface area contributed by atoms with Gasteiger partial charge in [-0.05, 0) is 0 Å². The zero-order valence-corrected chi connectivity index (χ0v) is 9.76. The minimum Gasteiger partial charge on any atom is -0.281 e. The summed E-state index contributed by atoms with van der Waals surface area (Å²) in [6.45, 7) is 13.5. The Labute approximate surface area is 105 Å². The van der Waals surface area contributed by atoms with Crippen LogP contribution in [0.2, 0.25) is 0 Å². The maximum Gasteiger partial charge on any atom is 0.281 e. The summed E-state index contributed by atoms with van der Waals surface area (Å²) in [5.74, 6) is 0. The normalized spacial score (nSPS) is 17.9.